The number of carbonyl (C=O) groups is 1. The molecule has 1 rings (SSSR count). The van der Waals surface area contributed by atoms with E-state index in [1.54, 1.807) is 0 Å². The summed E-state index contributed by atoms with van der Waals surface area (Å²) in [5, 5.41) is 11.5. The van der Waals surface area contributed by atoms with Crippen molar-refractivity contribution in [3.05, 3.63) is 0 Å². The second-order valence-corrected chi connectivity index (χ2v) is 4.62. The molecule has 1 aliphatic carbocycles. The minimum atomic E-state index is 0.0750. The zero-order valence-corrected chi connectivity index (χ0v) is 9.18. The van der Waals surface area contributed by atoms with E-state index in [0.717, 1.165) is 6.54 Å². The van der Waals surface area contributed by atoms with Crippen LogP contribution in [0.5, 0.6) is 0 Å². The molecule has 0 spiro atoms. The van der Waals surface area contributed by atoms with Gasteiger partial charge in [-0.25, -0.2) is 0 Å². The molecule has 1 saturated carbocycles. The first-order valence-electron chi connectivity index (χ1n) is 5.48. The van der Waals surface area contributed by atoms with Crippen molar-refractivity contribution < 1.29 is 9.90 Å². The fourth-order valence-corrected chi connectivity index (χ4v) is 1.72. The quantitative estimate of drug-likeness (QED) is 0.677. The van der Waals surface area contributed by atoms with Gasteiger partial charge in [0.2, 0.25) is 5.91 Å². The van der Waals surface area contributed by atoms with E-state index in [4.69, 9.17) is 5.11 Å². The predicted octanol–water partition coefficient (Wildman–Crippen LogP) is 1.31. The van der Waals surface area contributed by atoms with Crippen LogP contribution in [0.4, 0.5) is 0 Å². The van der Waals surface area contributed by atoms with Gasteiger partial charge in [0.15, 0.2) is 0 Å². The number of amides is 1. The molecule has 3 heteroatoms. The summed E-state index contributed by atoms with van der Waals surface area (Å²) < 4.78 is 0. The maximum Gasteiger partial charge on any atom is 0.220 e. The van der Waals surface area contributed by atoms with Gasteiger partial charge in [-0.3, -0.25) is 4.79 Å². The summed E-state index contributed by atoms with van der Waals surface area (Å²) in [6.45, 7) is 5.34. The van der Waals surface area contributed by atoms with Crippen LogP contribution in [0.1, 0.15) is 39.5 Å². The molecule has 14 heavy (non-hydrogen) atoms. The lowest BCUT2D eigenvalue weighted by atomic mass is 9.92. The molecule has 0 aromatic heterocycles. The Bertz CT molecular complexity index is 197. The van der Waals surface area contributed by atoms with Crippen LogP contribution in [0.25, 0.3) is 0 Å². The van der Waals surface area contributed by atoms with E-state index in [-0.39, 0.29) is 12.5 Å². The fraction of sp³-hybridized carbons (Fsp3) is 0.909. The molecular weight excluding hydrogens is 178 g/mol. The van der Waals surface area contributed by atoms with E-state index < -0.39 is 0 Å². The van der Waals surface area contributed by atoms with E-state index in [1.165, 1.54) is 12.8 Å². The van der Waals surface area contributed by atoms with Crippen molar-refractivity contribution in [1.82, 2.24) is 5.32 Å². The molecule has 1 aliphatic rings. The largest absolute Gasteiger partial charge is 0.396 e. The van der Waals surface area contributed by atoms with Crippen LogP contribution in [-0.4, -0.2) is 24.2 Å². The summed E-state index contributed by atoms with van der Waals surface area (Å²) in [7, 11) is 0. The number of aliphatic hydroxyl groups is 1. The molecule has 0 aromatic rings. The minimum Gasteiger partial charge on any atom is -0.396 e. The molecule has 82 valence electrons. The molecule has 0 radical (unpaired) electrons. The molecule has 0 saturated heterocycles. The molecule has 3 nitrogen and oxygen atoms in total. The SMILES string of the molecule is CC(C)C1(CNC(=O)CCCO)CC1. The average Bonchev–Trinajstić information content (AvgIpc) is 2.92. The highest BCUT2D eigenvalue weighted by atomic mass is 16.3. The second-order valence-electron chi connectivity index (χ2n) is 4.62. The van der Waals surface area contributed by atoms with Crippen molar-refractivity contribution >= 4 is 5.91 Å². The first-order chi connectivity index (χ1) is 6.60. The topological polar surface area (TPSA) is 49.3 Å². The normalized spacial score (nSPS) is 18.3. The Labute approximate surface area is 85.9 Å². The lowest BCUT2D eigenvalue weighted by molar-refractivity contribution is -0.121. The highest BCUT2D eigenvalue weighted by molar-refractivity contribution is 5.75. The number of rotatable bonds is 6. The van der Waals surface area contributed by atoms with Crippen molar-refractivity contribution in [2.75, 3.05) is 13.2 Å². The van der Waals surface area contributed by atoms with Gasteiger partial charge >= 0.3 is 0 Å². The molecule has 2 N–H and O–H groups in total. The van der Waals surface area contributed by atoms with Gasteiger partial charge in [0.05, 0.1) is 0 Å². The van der Waals surface area contributed by atoms with Crippen LogP contribution in [0, 0.1) is 11.3 Å². The Balaban J connectivity index is 2.17. The van der Waals surface area contributed by atoms with Crippen LogP contribution in [0.15, 0.2) is 0 Å². The summed E-state index contributed by atoms with van der Waals surface area (Å²) in [6.07, 6.45) is 3.50. The third-order valence-corrected chi connectivity index (χ3v) is 3.32. The van der Waals surface area contributed by atoms with E-state index in [9.17, 15) is 4.79 Å². The summed E-state index contributed by atoms with van der Waals surface area (Å²) in [5.41, 5.74) is 0.384. The summed E-state index contributed by atoms with van der Waals surface area (Å²) >= 11 is 0. The average molecular weight is 199 g/mol. The first-order valence-corrected chi connectivity index (χ1v) is 5.48. The third-order valence-electron chi connectivity index (χ3n) is 3.32. The van der Waals surface area contributed by atoms with E-state index in [2.05, 4.69) is 19.2 Å². The second kappa shape index (κ2) is 4.78. The van der Waals surface area contributed by atoms with Crippen molar-refractivity contribution in [2.24, 2.45) is 11.3 Å². The number of nitrogens with one attached hydrogen (secondary N) is 1. The summed E-state index contributed by atoms with van der Waals surface area (Å²) in [4.78, 5) is 11.3. The van der Waals surface area contributed by atoms with Crippen LogP contribution >= 0.6 is 0 Å². The molecule has 0 atom stereocenters. The van der Waals surface area contributed by atoms with Crippen molar-refractivity contribution in [1.29, 1.82) is 0 Å². The smallest absolute Gasteiger partial charge is 0.220 e. The number of hydrogen-bond donors (Lipinski definition) is 2. The molecule has 0 aromatic carbocycles. The molecule has 0 aliphatic heterocycles. The first kappa shape index (κ1) is 11.5. The van der Waals surface area contributed by atoms with Gasteiger partial charge in [-0.2, -0.15) is 0 Å². The maximum absolute atomic E-state index is 11.3. The van der Waals surface area contributed by atoms with Gasteiger partial charge in [-0.05, 0) is 30.6 Å². The van der Waals surface area contributed by atoms with Crippen LogP contribution in [0.3, 0.4) is 0 Å². The standard InChI is InChI=1S/C11H21NO2/c1-9(2)11(5-6-11)8-12-10(14)4-3-7-13/h9,13H,3-8H2,1-2H3,(H,12,14). The van der Waals surface area contributed by atoms with E-state index >= 15 is 0 Å². The van der Waals surface area contributed by atoms with E-state index in [1.807, 2.05) is 0 Å². The third kappa shape index (κ3) is 2.98. The van der Waals surface area contributed by atoms with Crippen LogP contribution in [-0.2, 0) is 4.79 Å². The van der Waals surface area contributed by atoms with Crippen LogP contribution < -0.4 is 5.32 Å². The van der Waals surface area contributed by atoms with Gasteiger partial charge in [0.25, 0.3) is 0 Å². The van der Waals surface area contributed by atoms with Gasteiger partial charge in [0.1, 0.15) is 0 Å². The van der Waals surface area contributed by atoms with Crippen molar-refractivity contribution in [3.8, 4) is 0 Å². The Kier molecular flexibility index (Phi) is 3.93. The molecule has 1 amide bonds. The zero-order valence-electron chi connectivity index (χ0n) is 9.18. The van der Waals surface area contributed by atoms with Gasteiger partial charge < -0.3 is 10.4 Å². The van der Waals surface area contributed by atoms with E-state index in [0.29, 0.717) is 24.2 Å². The Morgan fingerprint density at radius 3 is 2.57 bits per heavy atom. The number of aliphatic hydroxyl groups excluding tert-OH is 1. The van der Waals surface area contributed by atoms with Gasteiger partial charge in [0, 0.05) is 19.6 Å². The predicted molar refractivity (Wildman–Crippen MR) is 55.8 cm³/mol. The lowest BCUT2D eigenvalue weighted by Gasteiger charge is -2.19. The molecule has 0 heterocycles. The Morgan fingerprint density at radius 2 is 2.14 bits per heavy atom. The molecule has 0 bridgehead atoms. The highest BCUT2D eigenvalue weighted by Gasteiger charge is 2.45. The maximum atomic E-state index is 11.3. The van der Waals surface area contributed by atoms with Crippen molar-refractivity contribution in [2.45, 2.75) is 39.5 Å². The van der Waals surface area contributed by atoms with Gasteiger partial charge in [-0.15, -0.1) is 0 Å². The fourth-order valence-electron chi connectivity index (χ4n) is 1.72. The monoisotopic (exact) mass is 199 g/mol. The highest BCUT2D eigenvalue weighted by Crippen LogP contribution is 2.51. The Morgan fingerprint density at radius 1 is 1.50 bits per heavy atom. The van der Waals surface area contributed by atoms with Crippen molar-refractivity contribution in [3.63, 3.8) is 0 Å². The molecule has 0 unspecified atom stereocenters. The minimum absolute atomic E-state index is 0.0750. The summed E-state index contributed by atoms with van der Waals surface area (Å²) in [5.74, 6) is 0.728. The summed E-state index contributed by atoms with van der Waals surface area (Å²) in [6, 6.07) is 0. The van der Waals surface area contributed by atoms with Gasteiger partial charge in [-0.1, -0.05) is 13.8 Å². The molecule has 1 fully saturated rings. The molecular formula is C11H21NO2. The number of hydrogen-bond acceptors (Lipinski definition) is 2. The van der Waals surface area contributed by atoms with Crippen LogP contribution in [0.2, 0.25) is 0 Å². The lowest BCUT2D eigenvalue weighted by Crippen LogP contribution is -2.32. The Hall–Kier alpha value is -0.570. The number of carbonyl (C=O) groups excluding carboxylic acids is 1. The zero-order chi connectivity index (χ0) is 10.6.